The molecule has 3 rings (SSSR count). The van der Waals surface area contributed by atoms with Gasteiger partial charge in [0.2, 0.25) is 0 Å². The number of rotatable bonds is 6. The molecule has 0 atom stereocenters. The van der Waals surface area contributed by atoms with Crippen molar-refractivity contribution in [2.75, 3.05) is 0 Å². The fraction of sp³-hybridized carbons (Fsp3) is 0.238. The SMILES string of the molecule is Cc1nc(-c2ccc(C(=O)NCc3ccc(OC(C)C)cc3)cc2)cs1. The zero-order valence-corrected chi connectivity index (χ0v) is 16.0. The highest BCUT2D eigenvalue weighted by Crippen LogP contribution is 2.22. The molecule has 134 valence electrons. The van der Waals surface area contributed by atoms with E-state index in [0.717, 1.165) is 27.6 Å². The van der Waals surface area contributed by atoms with Gasteiger partial charge in [0.25, 0.3) is 5.91 Å². The first-order chi connectivity index (χ1) is 12.5. The van der Waals surface area contributed by atoms with Crippen LogP contribution in [0.3, 0.4) is 0 Å². The molecule has 0 aliphatic carbocycles. The zero-order chi connectivity index (χ0) is 18.5. The van der Waals surface area contributed by atoms with E-state index in [4.69, 9.17) is 4.74 Å². The van der Waals surface area contributed by atoms with Crippen LogP contribution in [0, 0.1) is 6.92 Å². The van der Waals surface area contributed by atoms with E-state index in [0.29, 0.717) is 12.1 Å². The van der Waals surface area contributed by atoms with E-state index in [1.165, 1.54) is 0 Å². The largest absolute Gasteiger partial charge is 0.491 e. The molecule has 1 amide bonds. The van der Waals surface area contributed by atoms with E-state index >= 15 is 0 Å². The highest BCUT2D eigenvalue weighted by Gasteiger charge is 2.07. The van der Waals surface area contributed by atoms with E-state index in [1.807, 2.05) is 74.7 Å². The Labute approximate surface area is 157 Å². The van der Waals surface area contributed by atoms with Crippen LogP contribution in [0.2, 0.25) is 0 Å². The monoisotopic (exact) mass is 366 g/mol. The number of carbonyl (C=O) groups excluding carboxylic acids is 1. The summed E-state index contributed by atoms with van der Waals surface area (Å²) in [6.45, 7) is 6.45. The average molecular weight is 366 g/mol. The van der Waals surface area contributed by atoms with Gasteiger partial charge in [-0.15, -0.1) is 11.3 Å². The van der Waals surface area contributed by atoms with E-state index in [9.17, 15) is 4.79 Å². The minimum atomic E-state index is -0.0893. The third-order valence-electron chi connectivity index (χ3n) is 3.81. The molecular weight excluding hydrogens is 344 g/mol. The standard InChI is InChI=1S/C21H22N2O2S/c1-14(2)25-19-10-4-16(5-11-19)12-22-21(24)18-8-6-17(7-9-18)20-13-26-15(3)23-20/h4-11,13-14H,12H2,1-3H3,(H,22,24). The van der Waals surface area contributed by atoms with Crippen LogP contribution in [-0.2, 0) is 6.54 Å². The predicted octanol–water partition coefficient (Wildman–Crippen LogP) is 4.84. The number of hydrogen-bond donors (Lipinski definition) is 1. The summed E-state index contributed by atoms with van der Waals surface area (Å²) in [6, 6.07) is 15.3. The molecule has 5 heteroatoms. The third-order valence-corrected chi connectivity index (χ3v) is 4.58. The van der Waals surface area contributed by atoms with Crippen molar-refractivity contribution in [1.82, 2.24) is 10.3 Å². The van der Waals surface area contributed by atoms with Crippen LogP contribution < -0.4 is 10.1 Å². The molecule has 1 N–H and O–H groups in total. The lowest BCUT2D eigenvalue weighted by Gasteiger charge is -2.10. The molecule has 0 saturated carbocycles. The lowest BCUT2D eigenvalue weighted by atomic mass is 10.1. The van der Waals surface area contributed by atoms with Crippen LogP contribution in [0.5, 0.6) is 5.75 Å². The van der Waals surface area contributed by atoms with Gasteiger partial charge >= 0.3 is 0 Å². The maximum absolute atomic E-state index is 12.3. The molecule has 0 saturated heterocycles. The van der Waals surface area contributed by atoms with Crippen LogP contribution in [0.4, 0.5) is 0 Å². The van der Waals surface area contributed by atoms with Gasteiger partial charge in [-0.3, -0.25) is 4.79 Å². The molecule has 1 aromatic heterocycles. The van der Waals surface area contributed by atoms with Gasteiger partial charge in [0.05, 0.1) is 16.8 Å². The number of aryl methyl sites for hydroxylation is 1. The van der Waals surface area contributed by atoms with Gasteiger partial charge in [-0.1, -0.05) is 24.3 Å². The number of benzene rings is 2. The Kier molecular flexibility index (Phi) is 5.68. The van der Waals surface area contributed by atoms with Crippen molar-refractivity contribution in [2.24, 2.45) is 0 Å². The van der Waals surface area contributed by atoms with Crippen molar-refractivity contribution in [3.8, 4) is 17.0 Å². The fourth-order valence-electron chi connectivity index (χ4n) is 2.53. The normalized spacial score (nSPS) is 10.8. The van der Waals surface area contributed by atoms with Crippen molar-refractivity contribution in [2.45, 2.75) is 33.4 Å². The van der Waals surface area contributed by atoms with Gasteiger partial charge in [0, 0.05) is 23.1 Å². The second kappa shape index (κ2) is 8.15. The van der Waals surface area contributed by atoms with Crippen LogP contribution in [-0.4, -0.2) is 17.0 Å². The molecule has 0 radical (unpaired) electrons. The Bertz CT molecular complexity index is 868. The van der Waals surface area contributed by atoms with E-state index < -0.39 is 0 Å². The van der Waals surface area contributed by atoms with Gasteiger partial charge in [-0.2, -0.15) is 0 Å². The predicted molar refractivity (Wildman–Crippen MR) is 106 cm³/mol. The van der Waals surface area contributed by atoms with Crippen LogP contribution >= 0.6 is 11.3 Å². The highest BCUT2D eigenvalue weighted by atomic mass is 32.1. The number of ether oxygens (including phenoxy) is 1. The van der Waals surface area contributed by atoms with Gasteiger partial charge in [0.1, 0.15) is 5.75 Å². The third kappa shape index (κ3) is 4.70. The average Bonchev–Trinajstić information content (AvgIpc) is 3.07. The molecule has 2 aromatic carbocycles. The summed E-state index contributed by atoms with van der Waals surface area (Å²) in [4.78, 5) is 16.8. The highest BCUT2D eigenvalue weighted by molar-refractivity contribution is 7.09. The zero-order valence-electron chi connectivity index (χ0n) is 15.2. The summed E-state index contributed by atoms with van der Waals surface area (Å²) < 4.78 is 5.62. The molecule has 0 spiro atoms. The maximum atomic E-state index is 12.3. The molecule has 0 fully saturated rings. The van der Waals surface area contributed by atoms with Crippen molar-refractivity contribution >= 4 is 17.2 Å². The second-order valence-electron chi connectivity index (χ2n) is 6.32. The Morgan fingerprint density at radius 2 is 1.81 bits per heavy atom. The van der Waals surface area contributed by atoms with Gasteiger partial charge in [0.15, 0.2) is 0 Å². The summed E-state index contributed by atoms with van der Waals surface area (Å²) in [5, 5.41) is 6.00. The minimum absolute atomic E-state index is 0.0893. The number of thiazole rings is 1. The molecule has 4 nitrogen and oxygen atoms in total. The van der Waals surface area contributed by atoms with Crippen LogP contribution in [0.25, 0.3) is 11.3 Å². The molecular formula is C21H22N2O2S. The number of hydrogen-bond acceptors (Lipinski definition) is 4. The van der Waals surface area contributed by atoms with E-state index in [-0.39, 0.29) is 12.0 Å². The van der Waals surface area contributed by atoms with Crippen molar-refractivity contribution in [3.63, 3.8) is 0 Å². The number of nitrogens with zero attached hydrogens (tertiary/aromatic N) is 1. The van der Waals surface area contributed by atoms with E-state index in [1.54, 1.807) is 11.3 Å². The maximum Gasteiger partial charge on any atom is 0.251 e. The summed E-state index contributed by atoms with van der Waals surface area (Å²) in [7, 11) is 0. The van der Waals surface area contributed by atoms with Crippen LogP contribution in [0.15, 0.2) is 53.9 Å². The first-order valence-electron chi connectivity index (χ1n) is 8.57. The number of amides is 1. The molecule has 0 bridgehead atoms. The Balaban J connectivity index is 1.58. The Hall–Kier alpha value is -2.66. The lowest BCUT2D eigenvalue weighted by molar-refractivity contribution is 0.0951. The number of nitrogens with one attached hydrogen (secondary N) is 1. The minimum Gasteiger partial charge on any atom is -0.491 e. The lowest BCUT2D eigenvalue weighted by Crippen LogP contribution is -2.22. The molecule has 0 unspecified atom stereocenters. The molecule has 1 heterocycles. The molecule has 0 aliphatic rings. The van der Waals surface area contributed by atoms with E-state index in [2.05, 4.69) is 10.3 Å². The molecule has 26 heavy (non-hydrogen) atoms. The fourth-order valence-corrected chi connectivity index (χ4v) is 3.15. The van der Waals surface area contributed by atoms with Crippen LogP contribution in [0.1, 0.15) is 34.8 Å². The summed E-state index contributed by atoms with van der Waals surface area (Å²) in [5.41, 5.74) is 3.64. The Morgan fingerprint density at radius 1 is 1.12 bits per heavy atom. The Morgan fingerprint density at radius 3 is 2.38 bits per heavy atom. The number of carbonyl (C=O) groups is 1. The topological polar surface area (TPSA) is 51.2 Å². The summed E-state index contributed by atoms with van der Waals surface area (Å²) >= 11 is 1.62. The quantitative estimate of drug-likeness (QED) is 0.679. The first-order valence-corrected chi connectivity index (χ1v) is 9.45. The molecule has 0 aliphatic heterocycles. The van der Waals surface area contributed by atoms with Crippen molar-refractivity contribution in [3.05, 3.63) is 70.0 Å². The van der Waals surface area contributed by atoms with Crippen molar-refractivity contribution < 1.29 is 9.53 Å². The molecule has 3 aromatic rings. The summed E-state index contributed by atoms with van der Waals surface area (Å²) in [5.74, 6) is 0.747. The first kappa shape index (κ1) is 18.1. The number of aromatic nitrogens is 1. The smallest absolute Gasteiger partial charge is 0.251 e. The van der Waals surface area contributed by atoms with Crippen molar-refractivity contribution in [1.29, 1.82) is 0 Å². The second-order valence-corrected chi connectivity index (χ2v) is 7.38. The summed E-state index contributed by atoms with van der Waals surface area (Å²) in [6.07, 6.45) is 0.150. The van der Waals surface area contributed by atoms with Gasteiger partial charge in [-0.25, -0.2) is 4.98 Å². The van der Waals surface area contributed by atoms with Gasteiger partial charge in [-0.05, 0) is 50.6 Å². The van der Waals surface area contributed by atoms with Gasteiger partial charge < -0.3 is 10.1 Å².